The maximum Gasteiger partial charge on any atom is 0.490 e. The second-order valence-electron chi connectivity index (χ2n) is 6.55. The molecule has 3 rings (SSSR count). The van der Waals surface area contributed by atoms with Gasteiger partial charge in [-0.05, 0) is 23.3 Å². The molecule has 2 heterocycles. The van der Waals surface area contributed by atoms with E-state index in [1.165, 1.54) is 5.56 Å². The molecule has 0 saturated carbocycles. The number of amides is 1. The number of anilines is 1. The van der Waals surface area contributed by atoms with Crippen molar-refractivity contribution in [2.24, 2.45) is 0 Å². The lowest BCUT2D eigenvalue weighted by molar-refractivity contribution is -0.192. The third-order valence-electron chi connectivity index (χ3n) is 4.12. The fourth-order valence-electron chi connectivity index (χ4n) is 2.97. The van der Waals surface area contributed by atoms with Crippen LogP contribution < -0.4 is 10.2 Å². The van der Waals surface area contributed by atoms with Crippen LogP contribution in [0.5, 0.6) is 0 Å². The molecular formula is C16H18ClF3N2O3. The standard InChI is InChI=1S/C14H17ClN2O.C2HF3O2/c1-14(2)7-12(18)17-4-3-16-8-9-5-10(15)6-11(14)13(9)17;3-2(4,5)1(6)7/h5-6,16H,3-4,7-8H2,1-2H3;(H,6,7). The molecule has 0 aromatic heterocycles. The van der Waals surface area contributed by atoms with Crippen molar-refractivity contribution in [2.75, 3.05) is 18.0 Å². The Morgan fingerprint density at radius 3 is 2.52 bits per heavy atom. The van der Waals surface area contributed by atoms with E-state index >= 15 is 0 Å². The predicted octanol–water partition coefficient (Wildman–Crippen LogP) is 3.09. The summed E-state index contributed by atoms with van der Waals surface area (Å²) in [5, 5.41) is 11.2. The van der Waals surface area contributed by atoms with Gasteiger partial charge in [0.05, 0.1) is 5.69 Å². The zero-order chi connectivity index (χ0) is 19.0. The summed E-state index contributed by atoms with van der Waals surface area (Å²) in [6, 6.07) is 3.99. The number of carbonyl (C=O) groups is 2. The zero-order valence-electron chi connectivity index (χ0n) is 13.7. The Morgan fingerprint density at radius 2 is 1.96 bits per heavy atom. The first kappa shape index (κ1) is 19.5. The topological polar surface area (TPSA) is 69.6 Å². The molecular weight excluding hydrogens is 361 g/mol. The van der Waals surface area contributed by atoms with Gasteiger partial charge in [-0.15, -0.1) is 0 Å². The van der Waals surface area contributed by atoms with Crippen molar-refractivity contribution in [3.63, 3.8) is 0 Å². The Balaban J connectivity index is 0.000000277. The van der Waals surface area contributed by atoms with E-state index in [9.17, 15) is 18.0 Å². The number of carboxylic acid groups (broad SMARTS) is 1. The molecule has 1 aromatic rings. The van der Waals surface area contributed by atoms with Gasteiger partial charge in [0.1, 0.15) is 0 Å². The second-order valence-corrected chi connectivity index (χ2v) is 6.98. The minimum atomic E-state index is -5.08. The fourth-order valence-corrected chi connectivity index (χ4v) is 3.21. The van der Waals surface area contributed by atoms with Crippen molar-refractivity contribution in [3.8, 4) is 0 Å². The summed E-state index contributed by atoms with van der Waals surface area (Å²) in [5.41, 5.74) is 3.29. The SMILES string of the molecule is CC1(C)CC(=O)N2CCNCc3cc(Cl)cc1c32.O=C(O)C(F)(F)F. The van der Waals surface area contributed by atoms with Crippen molar-refractivity contribution in [3.05, 3.63) is 28.3 Å². The summed E-state index contributed by atoms with van der Waals surface area (Å²) in [7, 11) is 0. The first-order chi connectivity index (χ1) is 11.4. The highest BCUT2D eigenvalue weighted by Gasteiger charge is 2.39. The summed E-state index contributed by atoms with van der Waals surface area (Å²) < 4.78 is 31.7. The lowest BCUT2D eigenvalue weighted by atomic mass is 9.76. The number of hydrogen-bond donors (Lipinski definition) is 2. The highest BCUT2D eigenvalue weighted by molar-refractivity contribution is 6.31. The summed E-state index contributed by atoms with van der Waals surface area (Å²) in [6.45, 7) is 6.59. The van der Waals surface area contributed by atoms with Crippen LogP contribution in [0.25, 0.3) is 0 Å². The molecule has 0 aliphatic carbocycles. The Hall–Kier alpha value is -1.80. The monoisotopic (exact) mass is 378 g/mol. The average molecular weight is 379 g/mol. The van der Waals surface area contributed by atoms with E-state index < -0.39 is 12.1 Å². The van der Waals surface area contributed by atoms with Gasteiger partial charge in [-0.25, -0.2) is 4.79 Å². The Kier molecular flexibility index (Phi) is 5.34. The summed E-state index contributed by atoms with van der Waals surface area (Å²) in [6.07, 6.45) is -4.53. The van der Waals surface area contributed by atoms with Crippen LogP contribution in [0, 0.1) is 0 Å². The van der Waals surface area contributed by atoms with Crippen molar-refractivity contribution >= 4 is 29.2 Å². The highest BCUT2D eigenvalue weighted by Crippen LogP contribution is 2.44. The minimum Gasteiger partial charge on any atom is -0.475 e. The Morgan fingerprint density at radius 1 is 1.36 bits per heavy atom. The van der Waals surface area contributed by atoms with Crippen LogP contribution in [0.2, 0.25) is 5.02 Å². The molecule has 0 saturated heterocycles. The average Bonchev–Trinajstić information content (AvgIpc) is 2.66. The molecule has 1 amide bonds. The van der Waals surface area contributed by atoms with Gasteiger partial charge in [-0.1, -0.05) is 25.4 Å². The number of nitrogens with zero attached hydrogens (tertiary/aromatic N) is 1. The van der Waals surface area contributed by atoms with E-state index in [4.69, 9.17) is 21.5 Å². The van der Waals surface area contributed by atoms with E-state index in [0.29, 0.717) is 6.42 Å². The maximum absolute atomic E-state index is 12.3. The van der Waals surface area contributed by atoms with Gasteiger partial charge in [0.25, 0.3) is 0 Å². The van der Waals surface area contributed by atoms with Crippen LogP contribution in [0.15, 0.2) is 12.1 Å². The van der Waals surface area contributed by atoms with Gasteiger partial charge >= 0.3 is 12.1 Å². The number of carbonyl (C=O) groups excluding carboxylic acids is 1. The largest absolute Gasteiger partial charge is 0.490 e. The van der Waals surface area contributed by atoms with Crippen LogP contribution in [0.3, 0.4) is 0 Å². The molecule has 2 N–H and O–H groups in total. The van der Waals surface area contributed by atoms with Crippen molar-refractivity contribution < 1.29 is 27.9 Å². The lowest BCUT2D eigenvalue weighted by Gasteiger charge is -2.39. The number of hydrogen-bond acceptors (Lipinski definition) is 3. The summed E-state index contributed by atoms with van der Waals surface area (Å²) in [5.74, 6) is -2.53. The summed E-state index contributed by atoms with van der Waals surface area (Å²) >= 11 is 6.22. The normalized spacial score (nSPS) is 18.6. The number of rotatable bonds is 0. The van der Waals surface area contributed by atoms with Crippen LogP contribution in [0.1, 0.15) is 31.4 Å². The predicted molar refractivity (Wildman–Crippen MR) is 86.8 cm³/mol. The van der Waals surface area contributed by atoms with Gasteiger partial charge in [-0.2, -0.15) is 13.2 Å². The van der Waals surface area contributed by atoms with E-state index in [1.807, 2.05) is 17.0 Å². The van der Waals surface area contributed by atoms with E-state index in [1.54, 1.807) is 0 Å². The van der Waals surface area contributed by atoms with Gasteiger partial charge in [0.2, 0.25) is 5.91 Å². The summed E-state index contributed by atoms with van der Waals surface area (Å²) in [4.78, 5) is 23.1. The van der Waals surface area contributed by atoms with E-state index in [-0.39, 0.29) is 11.3 Å². The molecule has 5 nitrogen and oxygen atoms in total. The number of aliphatic carboxylic acids is 1. The highest BCUT2D eigenvalue weighted by atomic mass is 35.5. The molecule has 2 aliphatic rings. The smallest absolute Gasteiger partial charge is 0.475 e. The molecule has 0 unspecified atom stereocenters. The molecule has 1 aromatic carbocycles. The number of benzene rings is 1. The molecule has 0 bridgehead atoms. The first-order valence-corrected chi connectivity index (χ1v) is 7.95. The van der Waals surface area contributed by atoms with Gasteiger partial charge < -0.3 is 15.3 Å². The maximum atomic E-state index is 12.3. The fraction of sp³-hybridized carbons (Fsp3) is 0.500. The Bertz CT molecular complexity index is 705. The molecule has 0 atom stereocenters. The van der Waals surface area contributed by atoms with Crippen LogP contribution >= 0.6 is 11.6 Å². The van der Waals surface area contributed by atoms with Gasteiger partial charge in [0, 0.05) is 36.5 Å². The molecule has 138 valence electrons. The third kappa shape index (κ3) is 4.24. The van der Waals surface area contributed by atoms with Crippen LogP contribution in [-0.4, -0.2) is 36.2 Å². The van der Waals surface area contributed by atoms with Gasteiger partial charge in [0.15, 0.2) is 0 Å². The Labute approximate surface area is 147 Å². The van der Waals surface area contributed by atoms with Crippen LogP contribution in [-0.2, 0) is 21.5 Å². The number of carboxylic acids is 1. The quantitative estimate of drug-likeness (QED) is 0.728. The van der Waals surface area contributed by atoms with Crippen LogP contribution in [0.4, 0.5) is 18.9 Å². The van der Waals surface area contributed by atoms with Crippen molar-refractivity contribution in [1.29, 1.82) is 0 Å². The van der Waals surface area contributed by atoms with E-state index in [2.05, 4.69) is 19.2 Å². The number of alkyl halides is 3. The first-order valence-electron chi connectivity index (χ1n) is 7.57. The van der Waals surface area contributed by atoms with E-state index in [0.717, 1.165) is 35.9 Å². The molecule has 0 spiro atoms. The number of halogens is 4. The molecule has 0 fully saturated rings. The lowest BCUT2D eigenvalue weighted by Crippen LogP contribution is -2.43. The minimum absolute atomic E-state index is 0.132. The molecule has 2 aliphatic heterocycles. The molecule has 25 heavy (non-hydrogen) atoms. The third-order valence-corrected chi connectivity index (χ3v) is 4.34. The van der Waals surface area contributed by atoms with Crippen molar-refractivity contribution in [1.82, 2.24) is 5.32 Å². The molecule has 9 heteroatoms. The second kappa shape index (κ2) is 6.84. The number of nitrogens with one attached hydrogen (secondary N) is 1. The molecule has 0 radical (unpaired) electrons. The van der Waals surface area contributed by atoms with Crippen molar-refractivity contribution in [2.45, 2.75) is 38.4 Å². The zero-order valence-corrected chi connectivity index (χ0v) is 14.5. The van der Waals surface area contributed by atoms with Gasteiger partial charge in [-0.3, -0.25) is 4.79 Å².